The largest absolute Gasteiger partial charge is 0.308 e. The summed E-state index contributed by atoms with van der Waals surface area (Å²) in [6.07, 6.45) is 4.34. The summed E-state index contributed by atoms with van der Waals surface area (Å²) in [5, 5.41) is 3.14. The number of aliphatic imine (C=N–C) groups is 1. The predicted octanol–water partition coefficient (Wildman–Crippen LogP) is 8.05. The zero-order valence-corrected chi connectivity index (χ0v) is 19.8. The minimum Gasteiger partial charge on any atom is -0.308 e. The van der Waals surface area contributed by atoms with E-state index in [0.717, 1.165) is 35.0 Å². The molecule has 0 fully saturated rings. The number of allylic oxidation sites excluding steroid dienone is 1. The molecule has 3 aromatic carbocycles. The monoisotopic (exact) mass is 464 g/mol. The summed E-state index contributed by atoms with van der Waals surface area (Å²) in [7, 11) is 0. The van der Waals surface area contributed by atoms with Crippen molar-refractivity contribution in [2.75, 3.05) is 0 Å². The van der Waals surface area contributed by atoms with E-state index in [1.165, 1.54) is 34.4 Å². The van der Waals surface area contributed by atoms with Crippen LogP contribution in [-0.2, 0) is 0 Å². The Labute approximate surface area is 204 Å². The third-order valence-electron chi connectivity index (χ3n) is 6.68. The maximum atomic E-state index is 13.7. The van der Waals surface area contributed by atoms with Crippen LogP contribution in [0.4, 0.5) is 4.39 Å². The van der Waals surface area contributed by atoms with E-state index < -0.39 is 0 Å². The Morgan fingerprint density at radius 1 is 0.912 bits per heavy atom. The summed E-state index contributed by atoms with van der Waals surface area (Å²) >= 11 is 1.66. The van der Waals surface area contributed by atoms with Crippen molar-refractivity contribution in [1.82, 2.24) is 4.90 Å². The predicted molar refractivity (Wildman–Crippen MR) is 140 cm³/mol. The number of fused-ring (bicyclic) bond motifs is 1. The molecule has 3 aliphatic rings. The number of hydrogen-bond donors (Lipinski definition) is 0. The Kier molecular flexibility index (Phi) is 5.46. The molecule has 0 radical (unpaired) electrons. The van der Waals surface area contributed by atoms with Gasteiger partial charge < -0.3 is 4.90 Å². The van der Waals surface area contributed by atoms with Gasteiger partial charge in [-0.25, -0.2) is 9.38 Å². The van der Waals surface area contributed by atoms with Crippen LogP contribution in [-0.4, -0.2) is 10.1 Å². The average molecular weight is 465 g/mol. The van der Waals surface area contributed by atoms with E-state index in [-0.39, 0.29) is 11.9 Å². The molecule has 6 rings (SSSR count). The first-order valence-electron chi connectivity index (χ1n) is 11.7. The van der Waals surface area contributed by atoms with Crippen molar-refractivity contribution in [3.63, 3.8) is 0 Å². The van der Waals surface area contributed by atoms with Gasteiger partial charge in [-0.15, -0.1) is 0 Å². The molecule has 2 aliphatic heterocycles. The second kappa shape index (κ2) is 8.77. The van der Waals surface area contributed by atoms with Gasteiger partial charge in [0.1, 0.15) is 5.82 Å². The van der Waals surface area contributed by atoms with Gasteiger partial charge in [0.05, 0.1) is 17.4 Å². The van der Waals surface area contributed by atoms with Crippen LogP contribution in [0.1, 0.15) is 42.5 Å². The first-order chi connectivity index (χ1) is 16.7. The fourth-order valence-corrected chi connectivity index (χ4v) is 6.13. The molecule has 1 aliphatic carbocycles. The van der Waals surface area contributed by atoms with Crippen LogP contribution in [0.2, 0.25) is 0 Å². The molecule has 2 nitrogen and oxygen atoms in total. The molecule has 0 amide bonds. The van der Waals surface area contributed by atoms with Crippen molar-refractivity contribution in [2.45, 2.75) is 25.8 Å². The van der Waals surface area contributed by atoms with E-state index in [2.05, 4.69) is 84.0 Å². The number of thioether (sulfide) groups is 1. The number of amidine groups is 1. The fourth-order valence-electron chi connectivity index (χ4n) is 5.20. The Morgan fingerprint density at radius 3 is 2.35 bits per heavy atom. The Bertz CT molecular complexity index is 1340. The molecule has 2 atom stereocenters. The van der Waals surface area contributed by atoms with Crippen LogP contribution in [0.15, 0.2) is 112 Å². The molecule has 0 bridgehead atoms. The summed E-state index contributed by atoms with van der Waals surface area (Å²) in [5.74, 6) is 0.314. The van der Waals surface area contributed by atoms with Crippen molar-refractivity contribution in [1.29, 1.82) is 0 Å². The third-order valence-corrected chi connectivity index (χ3v) is 7.52. The lowest BCUT2D eigenvalue weighted by atomic mass is 9.78. The number of benzene rings is 3. The molecule has 34 heavy (non-hydrogen) atoms. The molecule has 4 heteroatoms. The lowest BCUT2D eigenvalue weighted by molar-refractivity contribution is 0.425. The lowest BCUT2D eigenvalue weighted by Gasteiger charge is -2.41. The Balaban J connectivity index is 1.51. The van der Waals surface area contributed by atoms with Gasteiger partial charge in [0, 0.05) is 5.41 Å². The second-order valence-corrected chi connectivity index (χ2v) is 10.0. The highest BCUT2D eigenvalue weighted by atomic mass is 32.2. The van der Waals surface area contributed by atoms with Crippen molar-refractivity contribution >= 4 is 28.7 Å². The van der Waals surface area contributed by atoms with Crippen LogP contribution >= 0.6 is 11.8 Å². The quantitative estimate of drug-likeness (QED) is 0.390. The molecule has 2 heterocycles. The summed E-state index contributed by atoms with van der Waals surface area (Å²) in [5.41, 5.74) is 8.37. The van der Waals surface area contributed by atoms with E-state index in [1.807, 2.05) is 12.1 Å². The second-order valence-electron chi connectivity index (χ2n) is 9.17. The van der Waals surface area contributed by atoms with E-state index >= 15 is 0 Å². The van der Waals surface area contributed by atoms with Crippen LogP contribution in [0, 0.1) is 11.7 Å². The van der Waals surface area contributed by atoms with Crippen LogP contribution in [0.25, 0.3) is 11.8 Å². The minimum atomic E-state index is -0.219. The molecule has 0 unspecified atom stereocenters. The van der Waals surface area contributed by atoms with Crippen LogP contribution < -0.4 is 0 Å². The van der Waals surface area contributed by atoms with Gasteiger partial charge >= 0.3 is 0 Å². The minimum absolute atomic E-state index is 0.0666. The summed E-state index contributed by atoms with van der Waals surface area (Å²) in [6.45, 7) is 2.33. The number of halogens is 1. The van der Waals surface area contributed by atoms with Gasteiger partial charge in [-0.1, -0.05) is 79.3 Å². The van der Waals surface area contributed by atoms with Gasteiger partial charge in [-0.2, -0.15) is 0 Å². The first kappa shape index (κ1) is 21.2. The van der Waals surface area contributed by atoms with Crippen LogP contribution in [0.5, 0.6) is 0 Å². The van der Waals surface area contributed by atoms with E-state index in [1.54, 1.807) is 11.8 Å². The molecule has 0 saturated heterocycles. The van der Waals surface area contributed by atoms with Crippen molar-refractivity contribution < 1.29 is 4.39 Å². The number of hydrogen-bond acceptors (Lipinski definition) is 3. The molecule has 0 aromatic heterocycles. The molecular weight excluding hydrogens is 439 g/mol. The number of rotatable bonds is 3. The zero-order chi connectivity index (χ0) is 23.1. The normalized spacial score (nSPS) is 22.9. The fraction of sp³-hybridized carbons (Fsp3) is 0.167. The summed E-state index contributed by atoms with van der Waals surface area (Å²) in [4.78, 5) is 7.59. The first-order valence-corrected chi connectivity index (χ1v) is 12.6. The third kappa shape index (κ3) is 3.82. The highest BCUT2D eigenvalue weighted by Crippen LogP contribution is 2.51. The highest BCUT2D eigenvalue weighted by Gasteiger charge is 2.41. The van der Waals surface area contributed by atoms with Crippen molar-refractivity contribution in [3.8, 4) is 0 Å². The maximum Gasteiger partial charge on any atom is 0.174 e. The molecule has 168 valence electrons. The van der Waals surface area contributed by atoms with E-state index in [9.17, 15) is 4.39 Å². The zero-order valence-electron chi connectivity index (χ0n) is 19.0. The summed E-state index contributed by atoms with van der Waals surface area (Å²) in [6, 6.07) is 28.1. The van der Waals surface area contributed by atoms with E-state index in [4.69, 9.17) is 4.99 Å². The van der Waals surface area contributed by atoms with E-state index in [0.29, 0.717) is 5.92 Å². The summed E-state index contributed by atoms with van der Waals surface area (Å²) < 4.78 is 13.7. The number of nitrogens with zero attached hydrogens (tertiary/aromatic N) is 2. The maximum absolute atomic E-state index is 13.7. The van der Waals surface area contributed by atoms with Crippen molar-refractivity contribution in [2.24, 2.45) is 10.9 Å². The van der Waals surface area contributed by atoms with Gasteiger partial charge in [-0.3, -0.25) is 0 Å². The Morgan fingerprint density at radius 2 is 1.62 bits per heavy atom. The molecule has 0 saturated carbocycles. The SMILES string of the molecule is C[C@H]1CC2=C(N=C3SC=C(c4ccc(F)cc4)N3[C@H]2c2ccccc2)/C(=C\c2ccccc2)C1. The standard InChI is InChI=1S/C30H25FN2S/c1-20-16-24(18-21-8-4-2-5-9-21)28-26(17-20)29(23-10-6-3-7-11-23)33-27(19-34-30(33)32-28)22-12-14-25(31)15-13-22/h2-15,18-20,29H,16-17H2,1H3/b24-18-/t20-,29+/m1/s1. The van der Waals surface area contributed by atoms with Gasteiger partial charge in [0.2, 0.25) is 0 Å². The van der Waals surface area contributed by atoms with Gasteiger partial charge in [-0.05, 0) is 76.9 Å². The van der Waals surface area contributed by atoms with Gasteiger partial charge in [0.15, 0.2) is 5.17 Å². The van der Waals surface area contributed by atoms with Crippen molar-refractivity contribution in [3.05, 3.63) is 130 Å². The highest BCUT2D eigenvalue weighted by molar-refractivity contribution is 8.16. The lowest BCUT2D eigenvalue weighted by Crippen LogP contribution is -2.35. The van der Waals surface area contributed by atoms with Crippen LogP contribution in [0.3, 0.4) is 0 Å². The smallest absolute Gasteiger partial charge is 0.174 e. The Hall–Kier alpha value is -3.37. The average Bonchev–Trinajstić information content (AvgIpc) is 3.28. The van der Waals surface area contributed by atoms with Gasteiger partial charge in [0.25, 0.3) is 0 Å². The molecule has 0 spiro atoms. The molecule has 0 N–H and O–H groups in total. The molecular formula is C30H25FN2S. The molecule has 3 aromatic rings. The topological polar surface area (TPSA) is 15.6 Å².